The Kier molecular flexibility index (Phi) is 2.02. The molecule has 0 saturated carbocycles. The van der Waals surface area contributed by atoms with Gasteiger partial charge in [0, 0.05) is 16.5 Å². The third-order valence-corrected chi connectivity index (χ3v) is 2.10. The van der Waals surface area contributed by atoms with Gasteiger partial charge in [0.15, 0.2) is 0 Å². The number of nitrogens with zero attached hydrogens (tertiary/aromatic N) is 2. The average Bonchev–Trinajstić information content (AvgIpc) is 2.23. The van der Waals surface area contributed by atoms with E-state index in [0.717, 1.165) is 22.1 Å². The number of nitrogens with two attached hydrogens (primary N) is 2. The maximum absolute atomic E-state index is 5.82. The van der Waals surface area contributed by atoms with Gasteiger partial charge in [-0.25, -0.2) is 0 Å². The highest BCUT2D eigenvalue weighted by atomic mass is 15.3. The zero-order valence-corrected chi connectivity index (χ0v) is 7.51. The van der Waals surface area contributed by atoms with Gasteiger partial charge in [-0.2, -0.15) is 0 Å². The smallest absolute Gasteiger partial charge is 0.0953 e. The molecule has 0 aromatic heterocycles. The summed E-state index contributed by atoms with van der Waals surface area (Å²) in [5.41, 5.74) is 7.28. The molecule has 14 heavy (non-hydrogen) atoms. The fourth-order valence-electron chi connectivity index (χ4n) is 1.46. The first-order chi connectivity index (χ1) is 6.83. The summed E-state index contributed by atoms with van der Waals surface area (Å²) >= 11 is 0. The van der Waals surface area contributed by atoms with Gasteiger partial charge < -0.3 is 11.6 Å². The molecule has 0 aliphatic carbocycles. The van der Waals surface area contributed by atoms with Gasteiger partial charge in [0.05, 0.1) is 5.69 Å². The van der Waals surface area contributed by atoms with E-state index in [-0.39, 0.29) is 0 Å². The Hall–Kier alpha value is -2.10. The average molecular weight is 186 g/mol. The van der Waals surface area contributed by atoms with E-state index in [1.54, 1.807) is 12.1 Å². The minimum absolute atomic E-state index is 0.733. The monoisotopic (exact) mass is 186 g/mol. The SMILES string of the molecule is NN=Nc1ccc(N)c2ccccc12. The van der Waals surface area contributed by atoms with Crippen molar-refractivity contribution in [1.82, 2.24) is 0 Å². The highest BCUT2D eigenvalue weighted by Crippen LogP contribution is 2.29. The predicted octanol–water partition coefficient (Wildman–Crippen LogP) is 2.38. The van der Waals surface area contributed by atoms with Crippen LogP contribution in [0.3, 0.4) is 0 Å². The largest absolute Gasteiger partial charge is 0.398 e. The quantitative estimate of drug-likeness (QED) is 0.310. The molecule has 0 radical (unpaired) electrons. The lowest BCUT2D eigenvalue weighted by atomic mass is 10.1. The fraction of sp³-hybridized carbons (Fsp3) is 0. The van der Waals surface area contributed by atoms with Gasteiger partial charge in [-0.1, -0.05) is 29.5 Å². The minimum atomic E-state index is 0.733. The Morgan fingerprint density at radius 2 is 1.64 bits per heavy atom. The number of hydrogen-bond acceptors (Lipinski definition) is 3. The molecule has 0 spiro atoms. The molecule has 70 valence electrons. The van der Waals surface area contributed by atoms with Crippen LogP contribution >= 0.6 is 0 Å². The van der Waals surface area contributed by atoms with Gasteiger partial charge in [0.2, 0.25) is 0 Å². The van der Waals surface area contributed by atoms with Crippen molar-refractivity contribution >= 4 is 22.1 Å². The number of benzene rings is 2. The molecular formula is C10H10N4. The Labute approximate surface area is 81.2 Å². The Bertz CT molecular complexity index is 490. The summed E-state index contributed by atoms with van der Waals surface area (Å²) in [6.07, 6.45) is 0. The number of nitrogen functional groups attached to an aromatic ring is 1. The first-order valence-corrected chi connectivity index (χ1v) is 4.21. The molecule has 4 N–H and O–H groups in total. The Balaban J connectivity index is 2.81. The number of rotatable bonds is 1. The summed E-state index contributed by atoms with van der Waals surface area (Å²) in [7, 11) is 0. The van der Waals surface area contributed by atoms with Gasteiger partial charge in [-0.15, -0.1) is 5.11 Å². The van der Waals surface area contributed by atoms with Crippen LogP contribution in [0.15, 0.2) is 46.7 Å². The van der Waals surface area contributed by atoms with Crippen LogP contribution in [0.5, 0.6) is 0 Å². The maximum atomic E-state index is 5.82. The fourth-order valence-corrected chi connectivity index (χ4v) is 1.46. The van der Waals surface area contributed by atoms with Crippen LogP contribution in [0.2, 0.25) is 0 Å². The molecule has 0 fully saturated rings. The topological polar surface area (TPSA) is 76.8 Å². The van der Waals surface area contributed by atoms with Crippen LogP contribution in [0, 0.1) is 0 Å². The molecule has 4 heteroatoms. The number of anilines is 1. The van der Waals surface area contributed by atoms with Crippen molar-refractivity contribution in [2.45, 2.75) is 0 Å². The number of hydrogen-bond donors (Lipinski definition) is 2. The summed E-state index contributed by atoms with van der Waals surface area (Å²) in [4.78, 5) is 0. The summed E-state index contributed by atoms with van der Waals surface area (Å²) in [6.45, 7) is 0. The highest BCUT2D eigenvalue weighted by Gasteiger charge is 2.01. The molecule has 0 aliphatic rings. The van der Waals surface area contributed by atoms with Crippen molar-refractivity contribution < 1.29 is 0 Å². The highest BCUT2D eigenvalue weighted by molar-refractivity contribution is 5.99. The van der Waals surface area contributed by atoms with Crippen molar-refractivity contribution in [1.29, 1.82) is 0 Å². The molecule has 0 atom stereocenters. The van der Waals surface area contributed by atoms with Crippen molar-refractivity contribution in [2.24, 2.45) is 16.2 Å². The third kappa shape index (κ3) is 1.26. The Morgan fingerprint density at radius 3 is 2.36 bits per heavy atom. The summed E-state index contributed by atoms with van der Waals surface area (Å²) in [6, 6.07) is 11.3. The van der Waals surface area contributed by atoms with Crippen molar-refractivity contribution in [2.75, 3.05) is 5.73 Å². The van der Waals surface area contributed by atoms with E-state index in [9.17, 15) is 0 Å². The molecule has 0 bridgehead atoms. The second kappa shape index (κ2) is 3.33. The lowest BCUT2D eigenvalue weighted by Gasteiger charge is -2.03. The van der Waals surface area contributed by atoms with Crippen LogP contribution in [0.1, 0.15) is 0 Å². The minimum Gasteiger partial charge on any atom is -0.398 e. The van der Waals surface area contributed by atoms with E-state index in [2.05, 4.69) is 10.3 Å². The van der Waals surface area contributed by atoms with Crippen LogP contribution in [0.25, 0.3) is 10.8 Å². The molecule has 2 rings (SSSR count). The van der Waals surface area contributed by atoms with E-state index in [4.69, 9.17) is 11.6 Å². The van der Waals surface area contributed by atoms with Crippen molar-refractivity contribution in [3.05, 3.63) is 36.4 Å². The van der Waals surface area contributed by atoms with E-state index in [1.165, 1.54) is 0 Å². The molecular weight excluding hydrogens is 176 g/mol. The number of fused-ring (bicyclic) bond motifs is 1. The van der Waals surface area contributed by atoms with E-state index in [0.29, 0.717) is 0 Å². The summed E-state index contributed by atoms with van der Waals surface area (Å²) < 4.78 is 0. The summed E-state index contributed by atoms with van der Waals surface area (Å²) in [5, 5.41) is 9.02. The molecule has 0 unspecified atom stereocenters. The van der Waals surface area contributed by atoms with Gasteiger partial charge in [-0.05, 0) is 12.1 Å². The molecule has 0 heterocycles. The maximum Gasteiger partial charge on any atom is 0.0953 e. The standard InChI is InChI=1S/C10H10N4/c11-9-5-6-10(13-14-12)8-4-2-1-3-7(8)9/h1-6H,11H2,(H2,12,13). The molecule has 2 aromatic carbocycles. The van der Waals surface area contributed by atoms with Crippen LogP contribution < -0.4 is 11.6 Å². The first kappa shape index (κ1) is 8.50. The molecule has 2 aromatic rings. The molecule has 0 saturated heterocycles. The van der Waals surface area contributed by atoms with Gasteiger partial charge >= 0.3 is 0 Å². The van der Waals surface area contributed by atoms with Crippen molar-refractivity contribution in [3.63, 3.8) is 0 Å². The van der Waals surface area contributed by atoms with E-state index < -0.39 is 0 Å². The molecule has 0 amide bonds. The normalized spacial score (nSPS) is 11.1. The zero-order valence-electron chi connectivity index (χ0n) is 7.51. The van der Waals surface area contributed by atoms with Crippen molar-refractivity contribution in [3.8, 4) is 0 Å². The summed E-state index contributed by atoms with van der Waals surface area (Å²) in [5.74, 6) is 5.02. The van der Waals surface area contributed by atoms with Crippen LogP contribution in [0.4, 0.5) is 11.4 Å². The van der Waals surface area contributed by atoms with Gasteiger partial charge in [0.25, 0.3) is 0 Å². The Morgan fingerprint density at radius 1 is 0.929 bits per heavy atom. The van der Waals surface area contributed by atoms with Gasteiger partial charge in [-0.3, -0.25) is 0 Å². The van der Waals surface area contributed by atoms with E-state index in [1.807, 2.05) is 24.3 Å². The molecule has 4 nitrogen and oxygen atoms in total. The lowest BCUT2D eigenvalue weighted by Crippen LogP contribution is -1.86. The second-order valence-electron chi connectivity index (χ2n) is 2.93. The zero-order chi connectivity index (χ0) is 9.97. The van der Waals surface area contributed by atoms with Crippen LogP contribution in [-0.4, -0.2) is 0 Å². The first-order valence-electron chi connectivity index (χ1n) is 4.21. The predicted molar refractivity (Wildman–Crippen MR) is 57.1 cm³/mol. The second-order valence-corrected chi connectivity index (χ2v) is 2.93. The molecule has 0 aliphatic heterocycles. The third-order valence-electron chi connectivity index (χ3n) is 2.10. The van der Waals surface area contributed by atoms with Crippen LogP contribution in [-0.2, 0) is 0 Å². The van der Waals surface area contributed by atoms with E-state index >= 15 is 0 Å². The van der Waals surface area contributed by atoms with Gasteiger partial charge in [0.1, 0.15) is 0 Å². The lowest BCUT2D eigenvalue weighted by molar-refractivity contribution is 1.07.